The Morgan fingerprint density at radius 1 is 0.921 bits per heavy atom. The van der Waals surface area contributed by atoms with Crippen molar-refractivity contribution in [1.29, 1.82) is 0 Å². The average Bonchev–Trinajstić information content (AvgIpc) is 3.33. The number of nitrogens with one attached hydrogen (secondary N) is 2. The van der Waals surface area contributed by atoms with Crippen molar-refractivity contribution < 1.29 is 27.9 Å². The topological polar surface area (TPSA) is 97.6 Å². The van der Waals surface area contributed by atoms with Gasteiger partial charge in [-0.3, -0.25) is 9.59 Å². The highest BCUT2D eigenvalue weighted by atomic mass is 19.1. The van der Waals surface area contributed by atoms with Crippen molar-refractivity contribution in [3.05, 3.63) is 83.7 Å². The number of carbonyl (C=O) groups is 3. The second kappa shape index (κ2) is 12.7. The number of ether oxygens (including phenoxy) is 1. The molecule has 0 saturated heterocycles. The Morgan fingerprint density at radius 2 is 1.58 bits per heavy atom. The number of hydrogen-bond donors (Lipinski definition) is 2. The van der Waals surface area contributed by atoms with E-state index >= 15 is 0 Å². The van der Waals surface area contributed by atoms with Gasteiger partial charge in [0.2, 0.25) is 0 Å². The number of benzene rings is 3. The van der Waals surface area contributed by atoms with Crippen LogP contribution < -0.4 is 10.6 Å². The first kappa shape index (κ1) is 28.1. The summed E-state index contributed by atoms with van der Waals surface area (Å²) >= 11 is 0. The molecule has 0 radical (unpaired) electrons. The summed E-state index contributed by atoms with van der Waals surface area (Å²) in [5, 5.41) is 5.86. The summed E-state index contributed by atoms with van der Waals surface area (Å²) in [6, 6.07) is 17.3. The number of carbonyl (C=O) groups excluding carboxylic acids is 3. The van der Waals surface area contributed by atoms with Gasteiger partial charge in [-0.25, -0.2) is 9.18 Å². The minimum Gasteiger partial charge on any atom is -0.464 e. The lowest BCUT2D eigenvalue weighted by molar-refractivity contribution is -0.144. The summed E-state index contributed by atoms with van der Waals surface area (Å²) in [7, 11) is 1.53. The molecule has 2 N–H and O–H groups in total. The number of fused-ring (bicyclic) bond motifs is 1. The standard InChI is InChI=1S/C28H25FN2O5.C2H6/c1-4-35-28(34)16(2)31-26(32)20-7-5-6-18(14-20)19-10-13-23-22(15-19)24(27(33)30-3)25(36-23)17-8-11-21(29)12-9-17;1-2/h5-16H,4H2,1-3H3,(H,30,33)(H,31,32);1-2H3/t16-;/m0./s1. The van der Waals surface area contributed by atoms with E-state index in [9.17, 15) is 18.8 Å². The third-order valence-electron chi connectivity index (χ3n) is 5.69. The minimum atomic E-state index is -0.789. The Morgan fingerprint density at radius 3 is 2.24 bits per heavy atom. The molecule has 8 heteroatoms. The molecule has 0 aliphatic rings. The molecule has 0 aliphatic heterocycles. The van der Waals surface area contributed by atoms with Crippen LogP contribution in [0, 0.1) is 5.82 Å². The van der Waals surface area contributed by atoms with Crippen LogP contribution in [0.1, 0.15) is 48.4 Å². The molecule has 0 spiro atoms. The molecule has 1 aromatic heterocycles. The smallest absolute Gasteiger partial charge is 0.328 e. The van der Waals surface area contributed by atoms with Crippen molar-refractivity contribution in [2.45, 2.75) is 33.7 Å². The normalized spacial score (nSPS) is 11.2. The molecule has 7 nitrogen and oxygen atoms in total. The Kier molecular flexibility index (Phi) is 9.38. The van der Waals surface area contributed by atoms with Crippen molar-refractivity contribution in [2.24, 2.45) is 0 Å². The summed E-state index contributed by atoms with van der Waals surface area (Å²) < 4.78 is 24.4. The number of halogens is 1. The van der Waals surface area contributed by atoms with Gasteiger partial charge in [0, 0.05) is 23.6 Å². The first-order valence-electron chi connectivity index (χ1n) is 12.4. The molecule has 1 heterocycles. The quantitative estimate of drug-likeness (QED) is 0.294. The first-order valence-corrected chi connectivity index (χ1v) is 12.4. The Labute approximate surface area is 221 Å². The Hall–Kier alpha value is -4.46. The Bertz CT molecular complexity index is 1440. The van der Waals surface area contributed by atoms with Crippen LogP contribution in [0.25, 0.3) is 33.4 Å². The van der Waals surface area contributed by atoms with Gasteiger partial charge in [-0.05, 0) is 73.5 Å². The lowest BCUT2D eigenvalue weighted by atomic mass is 9.99. The first-order chi connectivity index (χ1) is 18.3. The molecule has 0 unspecified atom stereocenters. The molecule has 2 amide bonds. The van der Waals surface area contributed by atoms with Gasteiger partial charge >= 0.3 is 5.97 Å². The summed E-state index contributed by atoms with van der Waals surface area (Å²) in [6.07, 6.45) is 0. The average molecular weight is 519 g/mol. The van der Waals surface area contributed by atoms with Crippen LogP contribution in [-0.4, -0.2) is 37.5 Å². The summed E-state index contributed by atoms with van der Waals surface area (Å²) in [5.74, 6) is -1.31. The van der Waals surface area contributed by atoms with E-state index in [-0.39, 0.29) is 18.3 Å². The zero-order chi connectivity index (χ0) is 27.8. The number of esters is 1. The van der Waals surface area contributed by atoms with E-state index in [1.165, 1.54) is 19.2 Å². The monoisotopic (exact) mass is 518 g/mol. The van der Waals surface area contributed by atoms with Gasteiger partial charge in [0.1, 0.15) is 23.2 Å². The highest BCUT2D eigenvalue weighted by molar-refractivity contribution is 6.12. The number of rotatable bonds is 7. The fraction of sp³-hybridized carbons (Fsp3) is 0.233. The zero-order valence-electron chi connectivity index (χ0n) is 22.1. The van der Waals surface area contributed by atoms with Gasteiger partial charge in [0.25, 0.3) is 11.8 Å². The van der Waals surface area contributed by atoms with Crippen LogP contribution >= 0.6 is 0 Å². The molecule has 0 fully saturated rings. The second-order valence-electron chi connectivity index (χ2n) is 8.13. The van der Waals surface area contributed by atoms with Gasteiger partial charge in [0.05, 0.1) is 12.2 Å². The molecule has 1 atom stereocenters. The minimum absolute atomic E-state index is 0.228. The number of hydrogen-bond acceptors (Lipinski definition) is 5. The van der Waals surface area contributed by atoms with E-state index < -0.39 is 17.9 Å². The lowest BCUT2D eigenvalue weighted by Crippen LogP contribution is -2.39. The fourth-order valence-electron chi connectivity index (χ4n) is 3.88. The van der Waals surface area contributed by atoms with E-state index in [1.807, 2.05) is 32.0 Å². The van der Waals surface area contributed by atoms with Crippen molar-refractivity contribution >= 4 is 28.8 Å². The third-order valence-corrected chi connectivity index (χ3v) is 5.69. The number of amides is 2. The van der Waals surface area contributed by atoms with Gasteiger partial charge in [-0.1, -0.05) is 32.0 Å². The van der Waals surface area contributed by atoms with Gasteiger partial charge < -0.3 is 19.8 Å². The number of furan rings is 1. The van der Waals surface area contributed by atoms with E-state index in [4.69, 9.17) is 9.15 Å². The van der Waals surface area contributed by atoms with E-state index in [0.717, 1.165) is 11.1 Å². The van der Waals surface area contributed by atoms with E-state index in [2.05, 4.69) is 10.6 Å². The predicted molar refractivity (Wildman–Crippen MR) is 145 cm³/mol. The van der Waals surface area contributed by atoms with Crippen LogP contribution in [0.4, 0.5) is 4.39 Å². The van der Waals surface area contributed by atoms with Crippen LogP contribution in [0.2, 0.25) is 0 Å². The molecule has 38 heavy (non-hydrogen) atoms. The Balaban J connectivity index is 0.00000195. The molecule has 4 aromatic rings. The highest BCUT2D eigenvalue weighted by Gasteiger charge is 2.22. The van der Waals surface area contributed by atoms with Gasteiger partial charge in [-0.2, -0.15) is 0 Å². The van der Waals surface area contributed by atoms with Crippen LogP contribution in [-0.2, 0) is 9.53 Å². The lowest BCUT2D eigenvalue weighted by Gasteiger charge is -2.13. The van der Waals surface area contributed by atoms with Gasteiger partial charge in [0.15, 0.2) is 0 Å². The van der Waals surface area contributed by atoms with E-state index in [1.54, 1.807) is 50.2 Å². The SMILES string of the molecule is CC.CCOC(=O)[C@H](C)NC(=O)c1cccc(-c2ccc3oc(-c4ccc(F)cc4)c(C(=O)NC)c3c2)c1. The molecule has 0 aliphatic carbocycles. The van der Waals surface area contributed by atoms with Crippen molar-refractivity contribution in [3.8, 4) is 22.5 Å². The van der Waals surface area contributed by atoms with Crippen molar-refractivity contribution in [3.63, 3.8) is 0 Å². The molecule has 0 saturated carbocycles. The van der Waals surface area contributed by atoms with Crippen LogP contribution in [0.5, 0.6) is 0 Å². The fourth-order valence-corrected chi connectivity index (χ4v) is 3.88. The summed E-state index contributed by atoms with van der Waals surface area (Å²) in [6.45, 7) is 7.49. The maximum atomic E-state index is 13.4. The largest absolute Gasteiger partial charge is 0.464 e. The maximum Gasteiger partial charge on any atom is 0.328 e. The molecule has 4 rings (SSSR count). The predicted octanol–water partition coefficient (Wildman–Crippen LogP) is 5.97. The second-order valence-corrected chi connectivity index (χ2v) is 8.13. The van der Waals surface area contributed by atoms with E-state index in [0.29, 0.717) is 33.4 Å². The van der Waals surface area contributed by atoms with Gasteiger partial charge in [-0.15, -0.1) is 0 Å². The zero-order valence-corrected chi connectivity index (χ0v) is 22.1. The molecule has 198 valence electrons. The molecule has 3 aromatic carbocycles. The highest BCUT2D eigenvalue weighted by Crippen LogP contribution is 2.36. The molecule has 0 bridgehead atoms. The van der Waals surface area contributed by atoms with Crippen LogP contribution in [0.3, 0.4) is 0 Å². The summed E-state index contributed by atoms with van der Waals surface area (Å²) in [5.41, 5.74) is 3.26. The molecular weight excluding hydrogens is 487 g/mol. The van der Waals surface area contributed by atoms with Crippen molar-refractivity contribution in [2.75, 3.05) is 13.7 Å². The van der Waals surface area contributed by atoms with Crippen LogP contribution in [0.15, 0.2) is 71.1 Å². The maximum absolute atomic E-state index is 13.4. The molecular formula is C30H31FN2O5. The van der Waals surface area contributed by atoms with Crippen molar-refractivity contribution in [1.82, 2.24) is 10.6 Å². The summed E-state index contributed by atoms with van der Waals surface area (Å²) in [4.78, 5) is 37.4. The third kappa shape index (κ3) is 6.08.